The first-order chi connectivity index (χ1) is 8.33. The summed E-state index contributed by atoms with van der Waals surface area (Å²) in [7, 11) is 0. The molecule has 1 aromatic carbocycles. The zero-order valence-electron chi connectivity index (χ0n) is 10.7. The Balaban J connectivity index is 2.98. The van der Waals surface area contributed by atoms with Crippen molar-refractivity contribution < 1.29 is 19.1 Å². The quantitative estimate of drug-likeness (QED) is 0.469. The van der Waals surface area contributed by atoms with Crippen LogP contribution >= 0.6 is 0 Å². The van der Waals surface area contributed by atoms with Crippen molar-refractivity contribution in [2.24, 2.45) is 0 Å². The molecule has 0 atom stereocenters. The summed E-state index contributed by atoms with van der Waals surface area (Å²) in [6.07, 6.45) is 1.03. The highest BCUT2D eigenvalue weighted by Gasteiger charge is 2.21. The molecule has 0 bridgehead atoms. The van der Waals surface area contributed by atoms with Crippen molar-refractivity contribution in [1.82, 2.24) is 0 Å². The van der Waals surface area contributed by atoms with Crippen LogP contribution in [0.1, 0.15) is 31.1 Å². The summed E-state index contributed by atoms with van der Waals surface area (Å²) >= 11 is 0. The van der Waals surface area contributed by atoms with Crippen molar-refractivity contribution in [3.8, 4) is 5.75 Å². The zero-order chi connectivity index (χ0) is 13.8. The summed E-state index contributed by atoms with van der Waals surface area (Å²) in [6, 6.07) is 6.41. The molecule has 0 amide bonds. The van der Waals surface area contributed by atoms with Crippen LogP contribution in [0.25, 0.3) is 0 Å². The standard InChI is InChI=1S/C14H16O4/c1-5-12(15)17-11-9-7-6-8-10(11)13(16)18-14(2,3)4/h5-9H,1H2,2-4H3. The van der Waals surface area contributed by atoms with Crippen LogP contribution in [-0.2, 0) is 9.53 Å². The van der Waals surface area contributed by atoms with Crippen LogP contribution in [0.5, 0.6) is 5.75 Å². The molecule has 4 nitrogen and oxygen atoms in total. The SMILES string of the molecule is C=CC(=O)Oc1ccccc1C(=O)OC(C)(C)C. The highest BCUT2D eigenvalue weighted by molar-refractivity contribution is 5.94. The van der Waals surface area contributed by atoms with E-state index in [1.807, 2.05) is 0 Å². The molecule has 0 aliphatic heterocycles. The first-order valence-corrected chi connectivity index (χ1v) is 5.50. The Hall–Kier alpha value is -2.10. The van der Waals surface area contributed by atoms with Crippen molar-refractivity contribution in [1.29, 1.82) is 0 Å². The van der Waals surface area contributed by atoms with E-state index in [2.05, 4.69) is 6.58 Å². The van der Waals surface area contributed by atoms with E-state index >= 15 is 0 Å². The molecule has 0 aliphatic carbocycles. The van der Waals surface area contributed by atoms with E-state index in [1.165, 1.54) is 6.07 Å². The molecule has 0 unspecified atom stereocenters. The summed E-state index contributed by atoms with van der Waals surface area (Å²) in [5.41, 5.74) is -0.394. The van der Waals surface area contributed by atoms with Gasteiger partial charge in [-0.2, -0.15) is 0 Å². The number of ether oxygens (including phenoxy) is 2. The third-order valence-corrected chi connectivity index (χ3v) is 1.88. The van der Waals surface area contributed by atoms with Gasteiger partial charge in [0.15, 0.2) is 0 Å². The lowest BCUT2D eigenvalue weighted by Crippen LogP contribution is -2.24. The minimum atomic E-state index is -0.619. The fraction of sp³-hybridized carbons (Fsp3) is 0.286. The summed E-state index contributed by atoms with van der Waals surface area (Å²) in [5.74, 6) is -0.988. The topological polar surface area (TPSA) is 52.6 Å². The van der Waals surface area contributed by atoms with Gasteiger partial charge >= 0.3 is 11.9 Å². The van der Waals surface area contributed by atoms with E-state index in [0.717, 1.165) is 6.08 Å². The van der Waals surface area contributed by atoms with Crippen LogP contribution in [0.2, 0.25) is 0 Å². The molecule has 4 heteroatoms. The largest absolute Gasteiger partial charge is 0.456 e. The maximum atomic E-state index is 11.9. The Morgan fingerprint density at radius 2 is 1.83 bits per heavy atom. The Kier molecular flexibility index (Phi) is 4.26. The van der Waals surface area contributed by atoms with Crippen molar-refractivity contribution >= 4 is 11.9 Å². The van der Waals surface area contributed by atoms with E-state index in [1.54, 1.807) is 39.0 Å². The van der Waals surface area contributed by atoms with Gasteiger partial charge in [-0.1, -0.05) is 18.7 Å². The Morgan fingerprint density at radius 1 is 1.22 bits per heavy atom. The molecule has 96 valence electrons. The fourth-order valence-corrected chi connectivity index (χ4v) is 1.21. The molecule has 0 fully saturated rings. The van der Waals surface area contributed by atoms with Crippen molar-refractivity contribution in [2.75, 3.05) is 0 Å². The molecule has 0 saturated carbocycles. The highest BCUT2D eigenvalue weighted by atomic mass is 16.6. The van der Waals surface area contributed by atoms with Crippen LogP contribution < -0.4 is 4.74 Å². The molecule has 0 saturated heterocycles. The van der Waals surface area contributed by atoms with Gasteiger partial charge in [0.05, 0.1) is 0 Å². The molecule has 0 radical (unpaired) electrons. The van der Waals surface area contributed by atoms with Crippen LogP contribution in [0, 0.1) is 0 Å². The van der Waals surface area contributed by atoms with Crippen LogP contribution in [0.3, 0.4) is 0 Å². The van der Waals surface area contributed by atoms with E-state index < -0.39 is 17.5 Å². The lowest BCUT2D eigenvalue weighted by Gasteiger charge is -2.20. The smallest absolute Gasteiger partial charge is 0.342 e. The second kappa shape index (κ2) is 5.49. The van der Waals surface area contributed by atoms with Gasteiger partial charge in [0, 0.05) is 6.08 Å². The monoisotopic (exact) mass is 248 g/mol. The number of esters is 2. The van der Waals surface area contributed by atoms with E-state index in [-0.39, 0.29) is 11.3 Å². The minimum Gasteiger partial charge on any atom is -0.456 e. The van der Waals surface area contributed by atoms with Crippen LogP contribution in [0.15, 0.2) is 36.9 Å². The average Bonchev–Trinajstić information content (AvgIpc) is 2.27. The van der Waals surface area contributed by atoms with Gasteiger partial charge in [0.25, 0.3) is 0 Å². The molecule has 18 heavy (non-hydrogen) atoms. The molecule has 0 heterocycles. The molecule has 0 aliphatic rings. The zero-order valence-corrected chi connectivity index (χ0v) is 10.7. The summed E-state index contributed by atoms with van der Waals surface area (Å²) < 4.78 is 10.2. The predicted molar refractivity (Wildman–Crippen MR) is 67.4 cm³/mol. The normalized spacial score (nSPS) is 10.6. The lowest BCUT2D eigenvalue weighted by atomic mass is 10.1. The average molecular weight is 248 g/mol. The number of hydrogen-bond donors (Lipinski definition) is 0. The molecule has 0 spiro atoms. The maximum Gasteiger partial charge on any atom is 0.342 e. The van der Waals surface area contributed by atoms with Gasteiger partial charge in [0.2, 0.25) is 0 Å². The second-order valence-corrected chi connectivity index (χ2v) is 4.62. The van der Waals surface area contributed by atoms with Crippen LogP contribution in [-0.4, -0.2) is 17.5 Å². The van der Waals surface area contributed by atoms with Crippen molar-refractivity contribution in [2.45, 2.75) is 26.4 Å². The third-order valence-electron chi connectivity index (χ3n) is 1.88. The number of hydrogen-bond acceptors (Lipinski definition) is 4. The lowest BCUT2D eigenvalue weighted by molar-refractivity contribution is -0.128. The summed E-state index contributed by atoms with van der Waals surface area (Å²) in [5, 5.41) is 0. The molecule has 1 aromatic rings. The van der Waals surface area contributed by atoms with Gasteiger partial charge in [-0.3, -0.25) is 0 Å². The molecule has 0 N–H and O–H groups in total. The van der Waals surface area contributed by atoms with E-state index in [9.17, 15) is 9.59 Å². The number of rotatable bonds is 3. The van der Waals surface area contributed by atoms with Crippen molar-refractivity contribution in [3.05, 3.63) is 42.5 Å². The first kappa shape index (κ1) is 14.0. The predicted octanol–water partition coefficient (Wildman–Crippen LogP) is 2.73. The van der Waals surface area contributed by atoms with Gasteiger partial charge < -0.3 is 9.47 Å². The second-order valence-electron chi connectivity index (χ2n) is 4.62. The number of carbonyl (C=O) groups excluding carboxylic acids is 2. The molecular weight excluding hydrogens is 232 g/mol. The van der Waals surface area contributed by atoms with Gasteiger partial charge in [0.1, 0.15) is 16.9 Å². The summed E-state index contributed by atoms with van der Waals surface area (Å²) in [6.45, 7) is 8.60. The first-order valence-electron chi connectivity index (χ1n) is 5.50. The molecule has 0 aromatic heterocycles. The highest BCUT2D eigenvalue weighted by Crippen LogP contribution is 2.21. The van der Waals surface area contributed by atoms with E-state index in [4.69, 9.17) is 9.47 Å². The Labute approximate surface area is 106 Å². The Bertz CT molecular complexity index is 469. The number of benzene rings is 1. The molecular formula is C14H16O4. The molecule has 1 rings (SSSR count). The number of carbonyl (C=O) groups is 2. The van der Waals surface area contributed by atoms with E-state index in [0.29, 0.717) is 0 Å². The maximum absolute atomic E-state index is 11.9. The van der Waals surface area contributed by atoms with Crippen molar-refractivity contribution in [3.63, 3.8) is 0 Å². The van der Waals surface area contributed by atoms with Gasteiger partial charge in [-0.25, -0.2) is 9.59 Å². The fourth-order valence-electron chi connectivity index (χ4n) is 1.21. The number of para-hydroxylation sites is 1. The van der Waals surface area contributed by atoms with Crippen LogP contribution in [0.4, 0.5) is 0 Å². The Morgan fingerprint density at radius 3 is 2.39 bits per heavy atom. The van der Waals surface area contributed by atoms with Gasteiger partial charge in [-0.15, -0.1) is 0 Å². The third kappa shape index (κ3) is 4.05. The minimum absolute atomic E-state index is 0.164. The summed E-state index contributed by atoms with van der Waals surface area (Å²) in [4.78, 5) is 23.1. The van der Waals surface area contributed by atoms with Gasteiger partial charge in [-0.05, 0) is 32.9 Å².